The minimum Gasteiger partial charge on any atom is -0.378 e. The van der Waals surface area contributed by atoms with E-state index in [0.717, 1.165) is 0 Å². The highest BCUT2D eigenvalue weighted by atomic mass is 19.1. The topological polar surface area (TPSA) is 58.8 Å². The Bertz CT molecular complexity index is 1060. The molecule has 1 saturated heterocycles. The number of amides is 1. The highest BCUT2D eigenvalue weighted by Crippen LogP contribution is 2.33. The summed E-state index contributed by atoms with van der Waals surface area (Å²) in [6.45, 7) is 4.94. The van der Waals surface area contributed by atoms with E-state index in [1.54, 1.807) is 29.2 Å². The molecular formula is C24H25F2N3O3. The predicted octanol–water partition coefficient (Wildman–Crippen LogP) is 4.51. The van der Waals surface area contributed by atoms with Crippen LogP contribution in [0.1, 0.15) is 29.3 Å². The van der Waals surface area contributed by atoms with Crippen molar-refractivity contribution in [3.63, 3.8) is 0 Å². The van der Waals surface area contributed by atoms with Crippen LogP contribution in [-0.4, -0.2) is 48.8 Å². The lowest BCUT2D eigenvalue weighted by Gasteiger charge is -2.28. The molecule has 32 heavy (non-hydrogen) atoms. The van der Waals surface area contributed by atoms with Crippen LogP contribution in [0.2, 0.25) is 0 Å². The SMILES string of the molecule is CCCN(Cc1c(-c2ccc(F)cc2)noc1N1CCOCC1)C(=O)c1ccccc1F. The van der Waals surface area contributed by atoms with E-state index in [-0.39, 0.29) is 17.9 Å². The Morgan fingerprint density at radius 1 is 1.09 bits per heavy atom. The van der Waals surface area contributed by atoms with Gasteiger partial charge in [0.05, 0.1) is 30.9 Å². The highest BCUT2D eigenvalue weighted by Gasteiger charge is 2.28. The molecule has 3 aromatic rings. The average molecular weight is 441 g/mol. The van der Waals surface area contributed by atoms with Crippen LogP contribution in [0.25, 0.3) is 11.3 Å². The van der Waals surface area contributed by atoms with E-state index in [2.05, 4.69) is 5.16 Å². The molecule has 2 aromatic carbocycles. The summed E-state index contributed by atoms with van der Waals surface area (Å²) in [6, 6.07) is 11.9. The van der Waals surface area contributed by atoms with E-state index in [0.29, 0.717) is 62.0 Å². The van der Waals surface area contributed by atoms with E-state index in [9.17, 15) is 13.6 Å². The number of nitrogens with zero attached hydrogens (tertiary/aromatic N) is 3. The number of anilines is 1. The molecule has 6 nitrogen and oxygen atoms in total. The molecule has 0 atom stereocenters. The lowest BCUT2D eigenvalue weighted by atomic mass is 10.1. The summed E-state index contributed by atoms with van der Waals surface area (Å²) < 4.78 is 39.0. The van der Waals surface area contributed by atoms with Gasteiger partial charge in [-0.25, -0.2) is 8.78 Å². The Morgan fingerprint density at radius 2 is 1.81 bits per heavy atom. The first-order chi connectivity index (χ1) is 15.6. The number of halogens is 2. The molecule has 4 rings (SSSR count). The third kappa shape index (κ3) is 4.65. The van der Waals surface area contributed by atoms with Crippen LogP contribution in [0.3, 0.4) is 0 Å². The second-order valence-corrected chi connectivity index (χ2v) is 7.63. The molecule has 1 aromatic heterocycles. The van der Waals surface area contributed by atoms with E-state index in [4.69, 9.17) is 9.26 Å². The molecule has 2 heterocycles. The smallest absolute Gasteiger partial charge is 0.257 e. The Morgan fingerprint density at radius 3 is 2.50 bits per heavy atom. The molecule has 0 N–H and O–H groups in total. The van der Waals surface area contributed by atoms with Gasteiger partial charge in [-0.2, -0.15) is 0 Å². The zero-order chi connectivity index (χ0) is 22.5. The van der Waals surface area contributed by atoms with Gasteiger partial charge < -0.3 is 19.1 Å². The maximum atomic E-state index is 14.3. The Labute approximate surface area is 185 Å². The number of carbonyl (C=O) groups excluding carboxylic acids is 1. The van der Waals surface area contributed by atoms with Crippen molar-refractivity contribution in [2.24, 2.45) is 0 Å². The van der Waals surface area contributed by atoms with Crippen LogP contribution in [0, 0.1) is 11.6 Å². The van der Waals surface area contributed by atoms with E-state index >= 15 is 0 Å². The number of aromatic nitrogens is 1. The Hall–Kier alpha value is -3.26. The van der Waals surface area contributed by atoms with Crippen molar-refractivity contribution in [1.29, 1.82) is 0 Å². The fraction of sp³-hybridized carbons (Fsp3) is 0.333. The van der Waals surface area contributed by atoms with E-state index < -0.39 is 11.7 Å². The number of hydrogen-bond donors (Lipinski definition) is 0. The number of morpholine rings is 1. The van der Waals surface area contributed by atoms with Crippen molar-refractivity contribution in [1.82, 2.24) is 10.1 Å². The fourth-order valence-corrected chi connectivity index (χ4v) is 3.81. The van der Waals surface area contributed by atoms with Crippen molar-refractivity contribution < 1.29 is 22.8 Å². The molecular weight excluding hydrogens is 416 g/mol. The van der Waals surface area contributed by atoms with Crippen LogP contribution in [0.4, 0.5) is 14.7 Å². The maximum Gasteiger partial charge on any atom is 0.257 e. The third-order valence-corrected chi connectivity index (χ3v) is 5.42. The first-order valence-corrected chi connectivity index (χ1v) is 10.7. The van der Waals surface area contributed by atoms with E-state index in [1.165, 1.54) is 24.3 Å². The fourth-order valence-electron chi connectivity index (χ4n) is 3.81. The van der Waals surface area contributed by atoms with Crippen molar-refractivity contribution in [3.05, 3.63) is 71.3 Å². The molecule has 168 valence electrons. The quantitative estimate of drug-likeness (QED) is 0.540. The number of hydrogen-bond acceptors (Lipinski definition) is 5. The highest BCUT2D eigenvalue weighted by molar-refractivity contribution is 5.94. The third-order valence-electron chi connectivity index (χ3n) is 5.42. The first-order valence-electron chi connectivity index (χ1n) is 10.7. The molecule has 1 amide bonds. The van der Waals surface area contributed by atoms with Gasteiger partial charge in [0.15, 0.2) is 0 Å². The van der Waals surface area contributed by atoms with Gasteiger partial charge >= 0.3 is 0 Å². The second-order valence-electron chi connectivity index (χ2n) is 7.63. The van der Waals surface area contributed by atoms with Gasteiger partial charge in [0.2, 0.25) is 5.88 Å². The van der Waals surface area contributed by atoms with Gasteiger partial charge in [-0.05, 0) is 42.8 Å². The van der Waals surface area contributed by atoms with Crippen LogP contribution < -0.4 is 4.90 Å². The van der Waals surface area contributed by atoms with Crippen molar-refractivity contribution in [2.75, 3.05) is 37.7 Å². The minimum atomic E-state index is -0.559. The summed E-state index contributed by atoms with van der Waals surface area (Å²) in [5.41, 5.74) is 1.94. The monoisotopic (exact) mass is 441 g/mol. The lowest BCUT2D eigenvalue weighted by Crippen LogP contribution is -2.37. The lowest BCUT2D eigenvalue weighted by molar-refractivity contribution is 0.0738. The van der Waals surface area contributed by atoms with Gasteiger partial charge in [-0.15, -0.1) is 0 Å². The van der Waals surface area contributed by atoms with Crippen LogP contribution >= 0.6 is 0 Å². The van der Waals surface area contributed by atoms with Gasteiger partial charge in [-0.3, -0.25) is 4.79 Å². The zero-order valence-corrected chi connectivity index (χ0v) is 17.9. The van der Waals surface area contributed by atoms with Gasteiger partial charge in [0.25, 0.3) is 5.91 Å². The van der Waals surface area contributed by atoms with Crippen molar-refractivity contribution in [3.8, 4) is 11.3 Å². The van der Waals surface area contributed by atoms with Gasteiger partial charge in [0, 0.05) is 25.2 Å². The number of carbonyl (C=O) groups is 1. The Kier molecular flexibility index (Phi) is 6.80. The molecule has 0 unspecified atom stereocenters. The molecule has 0 saturated carbocycles. The van der Waals surface area contributed by atoms with Gasteiger partial charge in [-0.1, -0.05) is 24.2 Å². The van der Waals surface area contributed by atoms with Crippen LogP contribution in [0.15, 0.2) is 53.1 Å². The summed E-state index contributed by atoms with van der Waals surface area (Å²) in [5.74, 6) is -0.759. The molecule has 1 aliphatic heterocycles. The van der Waals surface area contributed by atoms with E-state index in [1.807, 2.05) is 11.8 Å². The van der Waals surface area contributed by atoms with Crippen molar-refractivity contribution in [2.45, 2.75) is 19.9 Å². The number of ether oxygens (including phenoxy) is 1. The summed E-state index contributed by atoms with van der Waals surface area (Å²) >= 11 is 0. The minimum absolute atomic E-state index is 0.0219. The molecule has 8 heteroatoms. The molecule has 0 radical (unpaired) electrons. The molecule has 0 aliphatic carbocycles. The summed E-state index contributed by atoms with van der Waals surface area (Å²) in [5, 5.41) is 4.26. The second kappa shape index (κ2) is 9.91. The normalized spacial score (nSPS) is 13.9. The largest absolute Gasteiger partial charge is 0.378 e. The summed E-state index contributed by atoms with van der Waals surface area (Å²) in [6.07, 6.45) is 0.699. The standard InChI is InChI=1S/C24H25F2N3O3/c1-2-11-29(23(30)19-5-3-4-6-21(19)26)16-20-22(17-7-9-18(25)10-8-17)27-32-24(20)28-12-14-31-15-13-28/h3-10H,2,11-16H2,1H3. The van der Waals surface area contributed by atoms with Crippen LogP contribution in [0.5, 0.6) is 0 Å². The molecule has 1 fully saturated rings. The summed E-state index contributed by atoms with van der Waals surface area (Å²) in [4.78, 5) is 16.8. The molecule has 0 spiro atoms. The number of rotatable bonds is 7. The maximum absolute atomic E-state index is 14.3. The van der Waals surface area contributed by atoms with Crippen LogP contribution in [-0.2, 0) is 11.3 Å². The van der Waals surface area contributed by atoms with Gasteiger partial charge in [0.1, 0.15) is 17.3 Å². The molecule has 1 aliphatic rings. The van der Waals surface area contributed by atoms with Crippen molar-refractivity contribution >= 4 is 11.8 Å². The first kappa shape index (κ1) is 22.0. The Balaban J connectivity index is 1.73. The summed E-state index contributed by atoms with van der Waals surface area (Å²) in [7, 11) is 0. The zero-order valence-electron chi connectivity index (χ0n) is 17.9. The number of benzene rings is 2. The average Bonchev–Trinajstić information content (AvgIpc) is 3.23. The predicted molar refractivity (Wildman–Crippen MR) is 116 cm³/mol. The molecule has 0 bridgehead atoms.